The molecule has 0 amide bonds. The average molecular weight is 350 g/mol. The highest BCUT2D eigenvalue weighted by Gasteiger charge is 2.22. The Labute approximate surface area is 131 Å². The van der Waals surface area contributed by atoms with Gasteiger partial charge in [0.05, 0.1) is 12.6 Å². The molecule has 20 heavy (non-hydrogen) atoms. The van der Waals surface area contributed by atoms with Crippen LogP contribution in [0.15, 0.2) is 45.8 Å². The van der Waals surface area contributed by atoms with E-state index in [4.69, 9.17) is 10.5 Å². The summed E-state index contributed by atoms with van der Waals surface area (Å²) in [7, 11) is 0. The topological polar surface area (TPSA) is 35.2 Å². The minimum atomic E-state index is -0.157. The van der Waals surface area contributed by atoms with Crippen molar-refractivity contribution in [1.29, 1.82) is 0 Å². The summed E-state index contributed by atoms with van der Waals surface area (Å²) in [4.78, 5) is 1.25. The highest BCUT2D eigenvalue weighted by Crippen LogP contribution is 2.37. The van der Waals surface area contributed by atoms with Gasteiger partial charge in [-0.1, -0.05) is 28.1 Å². The number of ether oxygens (including phenoxy) is 1. The average Bonchev–Trinajstić information content (AvgIpc) is 2.94. The van der Waals surface area contributed by atoms with E-state index in [1.165, 1.54) is 10.5 Å². The number of nitrogens with two attached hydrogens (primary N) is 1. The van der Waals surface area contributed by atoms with Crippen LogP contribution in [0.25, 0.3) is 0 Å². The third kappa shape index (κ3) is 2.60. The fourth-order valence-electron chi connectivity index (χ4n) is 2.52. The molecule has 0 aromatic heterocycles. The highest BCUT2D eigenvalue weighted by atomic mass is 79.9. The van der Waals surface area contributed by atoms with Gasteiger partial charge in [0.2, 0.25) is 0 Å². The molecule has 0 radical (unpaired) electrons. The Kier molecular flexibility index (Phi) is 4.06. The first kappa shape index (κ1) is 14.0. The summed E-state index contributed by atoms with van der Waals surface area (Å²) in [5, 5.41) is 0. The Morgan fingerprint density at radius 2 is 2.00 bits per heavy atom. The van der Waals surface area contributed by atoms with Crippen LogP contribution in [-0.4, -0.2) is 12.9 Å². The van der Waals surface area contributed by atoms with Crippen LogP contribution in [-0.2, 0) is 6.42 Å². The van der Waals surface area contributed by atoms with Crippen LogP contribution < -0.4 is 10.5 Å². The molecule has 2 N–H and O–H groups in total. The second-order valence-corrected chi connectivity index (χ2v) is 6.63. The molecule has 1 heterocycles. The van der Waals surface area contributed by atoms with E-state index in [0.717, 1.165) is 34.4 Å². The third-order valence-corrected chi connectivity index (χ3v) is 4.79. The predicted octanol–water partition coefficient (Wildman–Crippen LogP) is 4.15. The van der Waals surface area contributed by atoms with E-state index < -0.39 is 0 Å². The van der Waals surface area contributed by atoms with Crippen LogP contribution in [0.1, 0.15) is 22.7 Å². The summed E-state index contributed by atoms with van der Waals surface area (Å²) >= 11 is 5.30. The fourth-order valence-corrected chi connectivity index (χ4v) is 3.45. The first-order chi connectivity index (χ1) is 9.69. The Morgan fingerprint density at radius 3 is 2.70 bits per heavy atom. The molecule has 1 unspecified atom stereocenters. The van der Waals surface area contributed by atoms with Crippen molar-refractivity contribution >= 4 is 27.7 Å². The van der Waals surface area contributed by atoms with Gasteiger partial charge in [-0.3, -0.25) is 0 Å². The van der Waals surface area contributed by atoms with E-state index in [-0.39, 0.29) is 6.04 Å². The van der Waals surface area contributed by atoms with Crippen LogP contribution >= 0.6 is 27.7 Å². The second-order valence-electron chi connectivity index (χ2n) is 4.83. The lowest BCUT2D eigenvalue weighted by Crippen LogP contribution is -2.13. The lowest BCUT2D eigenvalue weighted by Gasteiger charge is -2.17. The molecule has 0 spiro atoms. The molecule has 0 bridgehead atoms. The number of hydrogen-bond acceptors (Lipinski definition) is 3. The number of hydrogen-bond donors (Lipinski definition) is 1. The minimum Gasteiger partial charge on any atom is -0.493 e. The number of rotatable bonds is 3. The lowest BCUT2D eigenvalue weighted by molar-refractivity contribution is 0.352. The minimum absolute atomic E-state index is 0.157. The summed E-state index contributed by atoms with van der Waals surface area (Å²) in [6.45, 7) is 0.747. The summed E-state index contributed by atoms with van der Waals surface area (Å²) in [5.41, 5.74) is 9.85. The third-order valence-electron chi connectivity index (χ3n) is 3.59. The standard InChI is InChI=1S/C16H16BrNOS/c1-20-13-4-2-10(3-5-13)15(18)14-9-12(17)8-11-6-7-19-16(11)14/h2-5,8-9,15H,6-7,18H2,1H3. The Hall–Kier alpha value is -0.970. The molecule has 3 rings (SSSR count). The van der Waals surface area contributed by atoms with Crippen molar-refractivity contribution in [2.24, 2.45) is 5.73 Å². The lowest BCUT2D eigenvalue weighted by atomic mass is 9.97. The SMILES string of the molecule is CSc1ccc(C(N)c2cc(Br)cc3c2OCC3)cc1. The summed E-state index contributed by atoms with van der Waals surface area (Å²) in [6, 6.07) is 12.4. The van der Waals surface area contributed by atoms with Gasteiger partial charge in [-0.15, -0.1) is 11.8 Å². The largest absolute Gasteiger partial charge is 0.493 e. The van der Waals surface area contributed by atoms with Gasteiger partial charge in [0.1, 0.15) is 5.75 Å². The van der Waals surface area contributed by atoms with Crippen LogP contribution in [0.4, 0.5) is 0 Å². The van der Waals surface area contributed by atoms with Crippen molar-refractivity contribution in [1.82, 2.24) is 0 Å². The van der Waals surface area contributed by atoms with E-state index in [0.29, 0.717) is 0 Å². The van der Waals surface area contributed by atoms with E-state index in [1.807, 2.05) is 0 Å². The number of fused-ring (bicyclic) bond motifs is 1. The summed E-state index contributed by atoms with van der Waals surface area (Å²) < 4.78 is 6.83. The molecule has 1 aliphatic rings. The van der Waals surface area contributed by atoms with Crippen LogP contribution in [0.2, 0.25) is 0 Å². The van der Waals surface area contributed by atoms with Gasteiger partial charge in [0.25, 0.3) is 0 Å². The number of thioether (sulfide) groups is 1. The van der Waals surface area contributed by atoms with Crippen molar-refractivity contribution in [3.63, 3.8) is 0 Å². The van der Waals surface area contributed by atoms with Crippen LogP contribution in [0, 0.1) is 0 Å². The zero-order valence-corrected chi connectivity index (χ0v) is 13.6. The molecule has 1 atom stereocenters. The maximum atomic E-state index is 6.44. The first-order valence-electron chi connectivity index (χ1n) is 6.53. The molecule has 0 fully saturated rings. The maximum Gasteiger partial charge on any atom is 0.127 e. The van der Waals surface area contributed by atoms with Gasteiger partial charge in [-0.2, -0.15) is 0 Å². The molecule has 2 nitrogen and oxygen atoms in total. The molecule has 0 saturated carbocycles. The van der Waals surface area contributed by atoms with Gasteiger partial charge < -0.3 is 10.5 Å². The van der Waals surface area contributed by atoms with Gasteiger partial charge >= 0.3 is 0 Å². The van der Waals surface area contributed by atoms with Gasteiger partial charge in [-0.25, -0.2) is 0 Å². The van der Waals surface area contributed by atoms with Crippen LogP contribution in [0.3, 0.4) is 0 Å². The van der Waals surface area contributed by atoms with E-state index in [1.54, 1.807) is 11.8 Å². The zero-order valence-electron chi connectivity index (χ0n) is 11.2. The van der Waals surface area contributed by atoms with Gasteiger partial charge in [0, 0.05) is 21.4 Å². The molecule has 0 saturated heterocycles. The van der Waals surface area contributed by atoms with E-state index in [9.17, 15) is 0 Å². The number of benzene rings is 2. The summed E-state index contributed by atoms with van der Waals surface area (Å²) in [5.74, 6) is 0.967. The molecule has 104 valence electrons. The van der Waals surface area contributed by atoms with Crippen LogP contribution in [0.5, 0.6) is 5.75 Å². The Bertz CT molecular complexity index is 627. The van der Waals surface area contributed by atoms with Gasteiger partial charge in [0.15, 0.2) is 0 Å². The highest BCUT2D eigenvalue weighted by molar-refractivity contribution is 9.10. The molecule has 0 aliphatic carbocycles. The Morgan fingerprint density at radius 1 is 1.25 bits per heavy atom. The zero-order chi connectivity index (χ0) is 14.1. The molecular formula is C16H16BrNOS. The smallest absolute Gasteiger partial charge is 0.127 e. The fraction of sp³-hybridized carbons (Fsp3) is 0.250. The molecule has 2 aromatic carbocycles. The van der Waals surface area contributed by atoms with Crippen molar-refractivity contribution in [2.45, 2.75) is 17.4 Å². The molecule has 4 heteroatoms. The Balaban J connectivity index is 1.99. The molecule has 2 aromatic rings. The monoisotopic (exact) mass is 349 g/mol. The number of halogens is 1. The second kappa shape index (κ2) is 5.80. The predicted molar refractivity (Wildman–Crippen MR) is 87.6 cm³/mol. The van der Waals surface area contributed by atoms with Gasteiger partial charge in [-0.05, 0) is 41.6 Å². The van der Waals surface area contributed by atoms with E-state index in [2.05, 4.69) is 58.6 Å². The van der Waals surface area contributed by atoms with Crippen molar-refractivity contribution in [3.05, 3.63) is 57.6 Å². The van der Waals surface area contributed by atoms with Crippen molar-refractivity contribution in [2.75, 3.05) is 12.9 Å². The summed E-state index contributed by atoms with van der Waals surface area (Å²) in [6.07, 6.45) is 3.03. The normalized spacial score (nSPS) is 14.8. The van der Waals surface area contributed by atoms with Crippen molar-refractivity contribution < 1.29 is 4.74 Å². The molecule has 1 aliphatic heterocycles. The van der Waals surface area contributed by atoms with Crippen molar-refractivity contribution in [3.8, 4) is 5.75 Å². The quantitative estimate of drug-likeness (QED) is 0.845. The maximum absolute atomic E-state index is 6.44. The molecular weight excluding hydrogens is 334 g/mol. The first-order valence-corrected chi connectivity index (χ1v) is 8.55. The van der Waals surface area contributed by atoms with E-state index >= 15 is 0 Å².